The Bertz CT molecular complexity index is 317. The molecule has 1 atom stereocenters. The van der Waals surface area contributed by atoms with E-state index < -0.39 is 0 Å². The molecule has 6 nitrogen and oxygen atoms in total. The molecule has 21 heavy (non-hydrogen) atoms. The standard InChI is InChI=1S/C15H29N3O3/c1-12(11-21-2)17-14(19)9-6-10-16-15(20)18-13-7-4-3-5-8-13/h12-13H,3-11H2,1-2H3,(H,17,19)(H2,16,18,20). The smallest absolute Gasteiger partial charge is 0.315 e. The number of hydrogen-bond acceptors (Lipinski definition) is 3. The summed E-state index contributed by atoms with van der Waals surface area (Å²) in [4.78, 5) is 23.3. The van der Waals surface area contributed by atoms with Gasteiger partial charge in [0.25, 0.3) is 0 Å². The molecule has 0 bridgehead atoms. The Kier molecular flexibility index (Phi) is 8.82. The molecule has 1 fully saturated rings. The summed E-state index contributed by atoms with van der Waals surface area (Å²) in [5, 5.41) is 8.64. The molecule has 1 rings (SSSR count). The Morgan fingerprint density at radius 3 is 2.62 bits per heavy atom. The number of methoxy groups -OCH3 is 1. The van der Waals surface area contributed by atoms with E-state index in [0.717, 1.165) is 12.8 Å². The van der Waals surface area contributed by atoms with E-state index in [4.69, 9.17) is 4.74 Å². The lowest BCUT2D eigenvalue weighted by atomic mass is 9.96. The van der Waals surface area contributed by atoms with Crippen molar-refractivity contribution < 1.29 is 14.3 Å². The van der Waals surface area contributed by atoms with E-state index in [2.05, 4.69) is 16.0 Å². The Labute approximate surface area is 127 Å². The fraction of sp³-hybridized carbons (Fsp3) is 0.867. The molecule has 0 aromatic heterocycles. The van der Waals surface area contributed by atoms with Gasteiger partial charge < -0.3 is 20.7 Å². The van der Waals surface area contributed by atoms with Crippen molar-refractivity contribution in [3.05, 3.63) is 0 Å². The maximum absolute atomic E-state index is 11.7. The lowest BCUT2D eigenvalue weighted by molar-refractivity contribution is -0.122. The van der Waals surface area contributed by atoms with Crippen molar-refractivity contribution >= 4 is 11.9 Å². The van der Waals surface area contributed by atoms with E-state index in [0.29, 0.717) is 32.0 Å². The van der Waals surface area contributed by atoms with Crippen LogP contribution >= 0.6 is 0 Å². The number of hydrogen-bond donors (Lipinski definition) is 3. The first-order chi connectivity index (χ1) is 10.1. The van der Waals surface area contributed by atoms with Gasteiger partial charge in [-0.05, 0) is 26.2 Å². The lowest BCUT2D eigenvalue weighted by Crippen LogP contribution is -2.43. The number of carbonyl (C=O) groups excluding carboxylic acids is 2. The van der Waals surface area contributed by atoms with Crippen LogP contribution in [0, 0.1) is 0 Å². The highest BCUT2D eigenvalue weighted by Crippen LogP contribution is 2.17. The molecule has 122 valence electrons. The maximum atomic E-state index is 11.7. The van der Waals surface area contributed by atoms with Crippen LogP contribution in [0.15, 0.2) is 0 Å². The van der Waals surface area contributed by atoms with E-state index in [1.165, 1.54) is 19.3 Å². The molecule has 0 aromatic rings. The van der Waals surface area contributed by atoms with Gasteiger partial charge in [0.2, 0.25) is 5.91 Å². The second-order valence-corrected chi connectivity index (χ2v) is 5.76. The summed E-state index contributed by atoms with van der Waals surface area (Å²) >= 11 is 0. The minimum absolute atomic E-state index is 0.00552. The average molecular weight is 299 g/mol. The van der Waals surface area contributed by atoms with Gasteiger partial charge >= 0.3 is 6.03 Å². The van der Waals surface area contributed by atoms with Gasteiger partial charge in [-0.2, -0.15) is 0 Å². The largest absolute Gasteiger partial charge is 0.383 e. The summed E-state index contributed by atoms with van der Waals surface area (Å²) in [6.45, 7) is 2.93. The molecule has 1 aliphatic rings. The van der Waals surface area contributed by atoms with Crippen LogP contribution in [0.4, 0.5) is 4.79 Å². The zero-order valence-corrected chi connectivity index (χ0v) is 13.2. The van der Waals surface area contributed by atoms with E-state index in [1.54, 1.807) is 7.11 Å². The average Bonchev–Trinajstić information content (AvgIpc) is 2.45. The van der Waals surface area contributed by atoms with Gasteiger partial charge in [0, 0.05) is 32.2 Å². The van der Waals surface area contributed by atoms with Gasteiger partial charge in [0.1, 0.15) is 0 Å². The zero-order chi connectivity index (χ0) is 15.5. The molecule has 0 radical (unpaired) electrons. The SMILES string of the molecule is COCC(C)NC(=O)CCCNC(=O)NC1CCCCC1. The van der Waals surface area contributed by atoms with Crippen LogP contribution in [0.25, 0.3) is 0 Å². The third-order valence-electron chi connectivity index (χ3n) is 3.63. The van der Waals surface area contributed by atoms with Crippen LogP contribution in [-0.4, -0.2) is 44.3 Å². The van der Waals surface area contributed by atoms with Crippen LogP contribution in [0.1, 0.15) is 51.9 Å². The van der Waals surface area contributed by atoms with Crippen molar-refractivity contribution in [2.45, 2.75) is 64.0 Å². The van der Waals surface area contributed by atoms with E-state index >= 15 is 0 Å². The predicted octanol–water partition coefficient (Wildman–Crippen LogP) is 1.55. The predicted molar refractivity (Wildman–Crippen MR) is 82.1 cm³/mol. The van der Waals surface area contributed by atoms with Crippen LogP contribution in [-0.2, 0) is 9.53 Å². The number of amides is 3. The van der Waals surface area contributed by atoms with Crippen molar-refractivity contribution in [1.29, 1.82) is 0 Å². The summed E-state index contributed by atoms with van der Waals surface area (Å²) in [6, 6.07) is 0.220. The van der Waals surface area contributed by atoms with E-state index in [1.807, 2.05) is 6.92 Å². The van der Waals surface area contributed by atoms with Crippen molar-refractivity contribution in [1.82, 2.24) is 16.0 Å². The van der Waals surface area contributed by atoms with Gasteiger partial charge in [-0.1, -0.05) is 19.3 Å². The van der Waals surface area contributed by atoms with Crippen LogP contribution in [0.2, 0.25) is 0 Å². The molecular weight excluding hydrogens is 270 g/mol. The first kappa shape index (κ1) is 17.8. The fourth-order valence-electron chi connectivity index (χ4n) is 2.57. The highest BCUT2D eigenvalue weighted by molar-refractivity contribution is 5.76. The van der Waals surface area contributed by atoms with Crippen LogP contribution in [0.5, 0.6) is 0 Å². The molecule has 1 unspecified atom stereocenters. The van der Waals surface area contributed by atoms with Crippen LogP contribution < -0.4 is 16.0 Å². The number of urea groups is 1. The minimum atomic E-state index is -0.116. The highest BCUT2D eigenvalue weighted by atomic mass is 16.5. The molecule has 0 aliphatic heterocycles. The molecule has 0 spiro atoms. The van der Waals surface area contributed by atoms with Gasteiger partial charge in [-0.25, -0.2) is 4.79 Å². The van der Waals surface area contributed by atoms with Gasteiger partial charge in [-0.15, -0.1) is 0 Å². The number of nitrogens with one attached hydrogen (secondary N) is 3. The Balaban J connectivity index is 2.02. The fourth-order valence-corrected chi connectivity index (χ4v) is 2.57. The van der Waals surface area contributed by atoms with Gasteiger partial charge in [0.05, 0.1) is 6.61 Å². The molecule has 6 heteroatoms. The monoisotopic (exact) mass is 299 g/mol. The van der Waals surface area contributed by atoms with Crippen molar-refractivity contribution in [3.8, 4) is 0 Å². The topological polar surface area (TPSA) is 79.5 Å². The molecular formula is C15H29N3O3. The second-order valence-electron chi connectivity index (χ2n) is 5.76. The quantitative estimate of drug-likeness (QED) is 0.595. The summed E-state index contributed by atoms with van der Waals surface area (Å²) in [6.07, 6.45) is 6.88. The summed E-state index contributed by atoms with van der Waals surface area (Å²) in [5.74, 6) is -0.00552. The minimum Gasteiger partial charge on any atom is -0.383 e. The maximum Gasteiger partial charge on any atom is 0.315 e. The Morgan fingerprint density at radius 1 is 1.24 bits per heavy atom. The lowest BCUT2D eigenvalue weighted by Gasteiger charge is -2.22. The summed E-state index contributed by atoms with van der Waals surface area (Å²) in [5.41, 5.74) is 0. The van der Waals surface area contributed by atoms with Crippen molar-refractivity contribution in [3.63, 3.8) is 0 Å². The van der Waals surface area contributed by atoms with Crippen LogP contribution in [0.3, 0.4) is 0 Å². The van der Waals surface area contributed by atoms with Crippen molar-refractivity contribution in [2.24, 2.45) is 0 Å². The summed E-state index contributed by atoms with van der Waals surface area (Å²) in [7, 11) is 1.61. The number of rotatable bonds is 8. The molecule has 3 amide bonds. The highest BCUT2D eigenvalue weighted by Gasteiger charge is 2.15. The molecule has 1 saturated carbocycles. The number of carbonyl (C=O) groups is 2. The van der Waals surface area contributed by atoms with E-state index in [-0.39, 0.29) is 18.0 Å². The normalized spacial score (nSPS) is 17.0. The van der Waals surface area contributed by atoms with E-state index in [9.17, 15) is 9.59 Å². The Hall–Kier alpha value is -1.30. The van der Waals surface area contributed by atoms with Crippen molar-refractivity contribution in [2.75, 3.05) is 20.3 Å². The first-order valence-corrected chi connectivity index (χ1v) is 7.94. The third kappa shape index (κ3) is 8.55. The molecule has 0 aromatic carbocycles. The van der Waals surface area contributed by atoms with Gasteiger partial charge in [0.15, 0.2) is 0 Å². The third-order valence-corrected chi connectivity index (χ3v) is 3.63. The zero-order valence-electron chi connectivity index (χ0n) is 13.2. The molecule has 1 aliphatic carbocycles. The Morgan fingerprint density at radius 2 is 1.95 bits per heavy atom. The first-order valence-electron chi connectivity index (χ1n) is 7.94. The molecule has 0 saturated heterocycles. The second kappa shape index (κ2) is 10.4. The number of ether oxygens (including phenoxy) is 1. The van der Waals surface area contributed by atoms with Gasteiger partial charge in [-0.3, -0.25) is 4.79 Å². The molecule has 3 N–H and O–H groups in total. The molecule has 0 heterocycles. The summed E-state index contributed by atoms with van der Waals surface area (Å²) < 4.78 is 4.95.